The van der Waals surface area contributed by atoms with Gasteiger partial charge in [0.05, 0.1) is 13.0 Å². The average Bonchev–Trinajstić information content (AvgIpc) is 2.91. The second-order valence-electron chi connectivity index (χ2n) is 10.1. The van der Waals surface area contributed by atoms with E-state index in [1.54, 1.807) is 0 Å². The molecule has 0 fully saturated rings. The number of ether oxygens (including phenoxy) is 2. The Balaban J connectivity index is 1.56. The Bertz CT molecular complexity index is 1330. The molecule has 204 valence electrons. The first kappa shape index (κ1) is 27.0. The van der Waals surface area contributed by atoms with Crippen LogP contribution in [-0.4, -0.2) is 40.7 Å². The summed E-state index contributed by atoms with van der Waals surface area (Å²) in [7, 11) is 0. The van der Waals surface area contributed by atoms with Crippen molar-refractivity contribution in [2.75, 3.05) is 13.2 Å². The van der Waals surface area contributed by atoms with Crippen LogP contribution in [0.2, 0.25) is 5.02 Å². The molecule has 0 amide bonds. The molecule has 0 aromatic heterocycles. The third-order valence-electron chi connectivity index (χ3n) is 7.52. The number of hydrogen-bond acceptors (Lipinski definition) is 6. The largest absolute Gasteiger partial charge is 0.490 e. The summed E-state index contributed by atoms with van der Waals surface area (Å²) in [6, 6.07) is 13.1. The quantitative estimate of drug-likeness (QED) is 0.397. The van der Waals surface area contributed by atoms with Crippen LogP contribution in [0.1, 0.15) is 68.9 Å². The van der Waals surface area contributed by atoms with E-state index in [0.717, 1.165) is 22.5 Å². The van der Waals surface area contributed by atoms with E-state index in [-0.39, 0.29) is 24.5 Å². The first-order valence-electron chi connectivity index (χ1n) is 13.5. The first-order valence-corrected chi connectivity index (χ1v) is 13.9. The molecule has 0 bridgehead atoms. The highest BCUT2D eigenvalue weighted by atomic mass is 35.5. The zero-order valence-electron chi connectivity index (χ0n) is 22.0. The van der Waals surface area contributed by atoms with E-state index in [9.17, 15) is 19.5 Å². The van der Waals surface area contributed by atoms with Gasteiger partial charge in [-0.15, -0.1) is 0 Å². The average molecular weight is 550 g/mol. The van der Waals surface area contributed by atoms with Crippen molar-refractivity contribution in [1.29, 1.82) is 0 Å². The maximum atomic E-state index is 13.4. The number of hydrogen-bond donors (Lipinski definition) is 1. The summed E-state index contributed by atoms with van der Waals surface area (Å²) < 4.78 is 12.1. The Morgan fingerprint density at radius 3 is 2.26 bits per heavy atom. The van der Waals surface area contributed by atoms with Gasteiger partial charge < -0.3 is 19.5 Å². The van der Waals surface area contributed by atoms with Gasteiger partial charge in [0.1, 0.15) is 6.61 Å². The molecule has 2 aromatic carbocycles. The summed E-state index contributed by atoms with van der Waals surface area (Å²) in [6.45, 7) is 2.87. The van der Waals surface area contributed by atoms with Crippen LogP contribution in [0.4, 0.5) is 0 Å². The van der Waals surface area contributed by atoms with Crippen LogP contribution in [-0.2, 0) is 21.0 Å². The molecule has 0 atom stereocenters. The summed E-state index contributed by atoms with van der Waals surface area (Å²) in [4.78, 5) is 40.3. The fourth-order valence-corrected chi connectivity index (χ4v) is 6.12. The normalized spacial score (nSPS) is 17.7. The van der Waals surface area contributed by atoms with Gasteiger partial charge in [-0.2, -0.15) is 0 Å². The minimum atomic E-state index is -0.902. The summed E-state index contributed by atoms with van der Waals surface area (Å²) in [5, 5.41) is 10.0. The highest BCUT2D eigenvalue weighted by molar-refractivity contribution is 6.30. The van der Waals surface area contributed by atoms with E-state index >= 15 is 0 Å². The van der Waals surface area contributed by atoms with Crippen LogP contribution in [0.15, 0.2) is 65.0 Å². The molecule has 0 saturated carbocycles. The van der Waals surface area contributed by atoms with Gasteiger partial charge in [0.25, 0.3) is 0 Å². The van der Waals surface area contributed by atoms with Gasteiger partial charge in [0, 0.05) is 52.9 Å². The second kappa shape index (κ2) is 11.7. The maximum Gasteiger partial charge on any atom is 0.305 e. The number of allylic oxidation sites excluding steroid dienone is 4. The SMILES string of the molecule is CCOc1cc(C2C3=C(CCCC3=O)N(CCC(=O)O)C3=C2C(=O)CCC3)ccc1OCc1cccc(Cl)c1. The molecule has 2 aromatic rings. The minimum absolute atomic E-state index is 0.0192. The Morgan fingerprint density at radius 2 is 1.64 bits per heavy atom. The molecular weight excluding hydrogens is 518 g/mol. The molecule has 5 rings (SSSR count). The Kier molecular flexibility index (Phi) is 8.07. The molecule has 39 heavy (non-hydrogen) atoms. The standard InChI is InChI=1S/C31H32ClNO6/c1-2-38-27-17-20(12-13-26(27)39-18-19-6-3-7-21(32)16-19)29-30-22(8-4-10-24(30)34)33(15-14-28(36)37)23-9-5-11-25(35)31(23)29/h3,6-7,12-13,16-17,29H,2,4-5,8-11,14-15,18H2,1H3,(H,36,37). The third-order valence-corrected chi connectivity index (χ3v) is 7.76. The predicted molar refractivity (Wildman–Crippen MR) is 147 cm³/mol. The lowest BCUT2D eigenvalue weighted by molar-refractivity contribution is -0.137. The van der Waals surface area contributed by atoms with Crippen LogP contribution < -0.4 is 9.47 Å². The number of Topliss-reactive ketones (excluding diaryl/α,β-unsaturated/α-hetero) is 2. The monoisotopic (exact) mass is 549 g/mol. The van der Waals surface area contributed by atoms with Gasteiger partial charge in [0.15, 0.2) is 23.1 Å². The third kappa shape index (κ3) is 5.59. The number of rotatable bonds is 9. The molecule has 1 aliphatic heterocycles. The van der Waals surface area contributed by atoms with E-state index in [0.29, 0.717) is 79.4 Å². The van der Waals surface area contributed by atoms with Gasteiger partial charge in [-0.25, -0.2) is 0 Å². The highest BCUT2D eigenvalue weighted by Gasteiger charge is 2.43. The van der Waals surface area contributed by atoms with Crippen molar-refractivity contribution in [2.45, 2.75) is 64.4 Å². The van der Waals surface area contributed by atoms with E-state index in [1.165, 1.54) is 0 Å². The zero-order chi connectivity index (χ0) is 27.5. The molecule has 2 aliphatic carbocycles. The van der Waals surface area contributed by atoms with Gasteiger partial charge in [-0.3, -0.25) is 14.4 Å². The van der Waals surface area contributed by atoms with Gasteiger partial charge >= 0.3 is 5.97 Å². The highest BCUT2D eigenvalue weighted by Crippen LogP contribution is 2.50. The van der Waals surface area contributed by atoms with Crippen molar-refractivity contribution in [1.82, 2.24) is 4.90 Å². The maximum absolute atomic E-state index is 13.4. The number of carbonyl (C=O) groups is 3. The topological polar surface area (TPSA) is 93.1 Å². The van der Waals surface area contributed by atoms with Crippen molar-refractivity contribution in [3.05, 3.63) is 81.2 Å². The van der Waals surface area contributed by atoms with E-state index < -0.39 is 11.9 Å². The van der Waals surface area contributed by atoms with Crippen LogP contribution in [0.3, 0.4) is 0 Å². The number of nitrogens with zero attached hydrogens (tertiary/aromatic N) is 1. The summed E-state index contributed by atoms with van der Waals surface area (Å²) in [5.41, 5.74) is 4.70. The molecule has 3 aliphatic rings. The molecule has 0 unspecified atom stereocenters. The lowest BCUT2D eigenvalue weighted by Crippen LogP contribution is -2.39. The Labute approximate surface area is 233 Å². The van der Waals surface area contributed by atoms with Crippen LogP contribution in [0.5, 0.6) is 11.5 Å². The summed E-state index contributed by atoms with van der Waals surface area (Å²) in [5.74, 6) is -0.260. The molecular formula is C31H32ClNO6. The molecule has 7 nitrogen and oxygen atoms in total. The molecule has 1 heterocycles. The van der Waals surface area contributed by atoms with E-state index in [2.05, 4.69) is 0 Å². The molecule has 8 heteroatoms. The van der Waals surface area contributed by atoms with Crippen LogP contribution in [0.25, 0.3) is 0 Å². The van der Waals surface area contributed by atoms with Crippen molar-refractivity contribution >= 4 is 29.1 Å². The number of benzene rings is 2. The molecule has 1 N–H and O–H groups in total. The fourth-order valence-electron chi connectivity index (χ4n) is 5.91. The lowest BCUT2D eigenvalue weighted by Gasteiger charge is -2.44. The van der Waals surface area contributed by atoms with Crippen molar-refractivity contribution in [3.63, 3.8) is 0 Å². The van der Waals surface area contributed by atoms with Crippen LogP contribution >= 0.6 is 11.6 Å². The number of halogens is 1. The Hall–Kier alpha value is -3.58. The van der Waals surface area contributed by atoms with Crippen LogP contribution in [0, 0.1) is 0 Å². The van der Waals surface area contributed by atoms with E-state index in [4.69, 9.17) is 21.1 Å². The van der Waals surface area contributed by atoms with Crippen molar-refractivity contribution in [2.24, 2.45) is 0 Å². The molecule has 0 radical (unpaired) electrons. The van der Waals surface area contributed by atoms with Gasteiger partial charge in [-0.1, -0.05) is 29.8 Å². The van der Waals surface area contributed by atoms with Gasteiger partial charge in [-0.05, 0) is 68.0 Å². The predicted octanol–water partition coefficient (Wildman–Crippen LogP) is 6.21. The summed E-state index contributed by atoms with van der Waals surface area (Å²) in [6.07, 6.45) is 3.56. The number of ketones is 2. The summed E-state index contributed by atoms with van der Waals surface area (Å²) >= 11 is 6.12. The number of carboxylic acids is 1. The van der Waals surface area contributed by atoms with Crippen molar-refractivity contribution in [3.8, 4) is 11.5 Å². The fraction of sp³-hybridized carbons (Fsp3) is 0.387. The number of aliphatic carboxylic acids is 1. The molecule has 0 saturated heterocycles. The zero-order valence-corrected chi connectivity index (χ0v) is 22.8. The Morgan fingerprint density at radius 1 is 0.949 bits per heavy atom. The van der Waals surface area contributed by atoms with Gasteiger partial charge in [0.2, 0.25) is 0 Å². The minimum Gasteiger partial charge on any atom is -0.490 e. The lowest BCUT2D eigenvalue weighted by atomic mass is 9.71. The smallest absolute Gasteiger partial charge is 0.305 e. The van der Waals surface area contributed by atoms with E-state index in [1.807, 2.05) is 54.3 Å². The van der Waals surface area contributed by atoms with Crippen molar-refractivity contribution < 1.29 is 29.0 Å². The number of carboxylic acid groups (broad SMARTS) is 1. The number of carbonyl (C=O) groups excluding carboxylic acids is 2. The molecule has 0 spiro atoms. The second-order valence-corrected chi connectivity index (χ2v) is 10.5. The first-order chi connectivity index (χ1) is 18.9.